The van der Waals surface area contributed by atoms with E-state index in [2.05, 4.69) is 39.8 Å². The summed E-state index contributed by atoms with van der Waals surface area (Å²) in [6, 6.07) is 4.20. The lowest BCUT2D eigenvalue weighted by molar-refractivity contribution is -0.140. The highest BCUT2D eigenvalue weighted by Gasteiger charge is 2.35. The molecule has 0 unspecified atom stereocenters. The average Bonchev–Trinajstić information content (AvgIpc) is 3.45. The molecule has 2 fully saturated rings. The number of rotatable bonds is 4. The van der Waals surface area contributed by atoms with Gasteiger partial charge in [0.15, 0.2) is 0 Å². The summed E-state index contributed by atoms with van der Waals surface area (Å²) in [7, 11) is 1.68. The van der Waals surface area contributed by atoms with Crippen molar-refractivity contribution >= 4 is 11.8 Å². The summed E-state index contributed by atoms with van der Waals surface area (Å²) < 4.78 is 5.70. The molecule has 0 N–H and O–H groups in total. The van der Waals surface area contributed by atoms with Gasteiger partial charge >= 0.3 is 0 Å². The van der Waals surface area contributed by atoms with E-state index in [4.69, 9.17) is 4.74 Å². The van der Waals surface area contributed by atoms with Crippen molar-refractivity contribution in [3.05, 3.63) is 28.8 Å². The van der Waals surface area contributed by atoms with Gasteiger partial charge in [-0.1, -0.05) is 38.5 Å². The first-order valence-electron chi connectivity index (χ1n) is 9.95. The maximum absolute atomic E-state index is 12.9. The van der Waals surface area contributed by atoms with Crippen LogP contribution >= 0.6 is 0 Å². The van der Waals surface area contributed by atoms with Gasteiger partial charge in [-0.25, -0.2) is 0 Å². The van der Waals surface area contributed by atoms with Gasteiger partial charge in [0.1, 0.15) is 5.75 Å². The van der Waals surface area contributed by atoms with Crippen molar-refractivity contribution in [2.45, 2.75) is 52.4 Å². The van der Waals surface area contributed by atoms with Gasteiger partial charge in [-0.05, 0) is 25.2 Å². The monoisotopic (exact) mass is 372 g/mol. The molecule has 0 bridgehead atoms. The molecule has 5 nitrogen and oxygen atoms in total. The summed E-state index contributed by atoms with van der Waals surface area (Å²) in [6.45, 7) is 11.1. The number of aryl methyl sites for hydroxylation is 1. The average molecular weight is 373 g/mol. The van der Waals surface area contributed by atoms with Crippen LogP contribution in [0.25, 0.3) is 0 Å². The van der Waals surface area contributed by atoms with Gasteiger partial charge in [0, 0.05) is 43.2 Å². The molecular formula is C22H32N2O3. The fourth-order valence-corrected chi connectivity index (χ4v) is 3.82. The van der Waals surface area contributed by atoms with Crippen LogP contribution in [0, 0.1) is 12.8 Å². The number of nitrogens with zero attached hydrogens (tertiary/aromatic N) is 2. The Balaban J connectivity index is 1.69. The summed E-state index contributed by atoms with van der Waals surface area (Å²) in [5.41, 5.74) is 3.17. The van der Waals surface area contributed by atoms with Crippen LogP contribution in [0.2, 0.25) is 0 Å². The zero-order valence-electron chi connectivity index (χ0n) is 17.3. The number of hydrogen-bond donors (Lipinski definition) is 0. The molecule has 1 aromatic carbocycles. The van der Waals surface area contributed by atoms with Crippen LogP contribution in [0.1, 0.15) is 50.3 Å². The SMILES string of the molecule is COc1c(CC(=O)N2CCN(C(=O)C3CC3)CC2)cc(C)cc1C(C)(C)C. The third kappa shape index (κ3) is 4.45. The Kier molecular flexibility index (Phi) is 5.50. The molecule has 2 amide bonds. The molecule has 1 saturated carbocycles. The molecule has 1 saturated heterocycles. The van der Waals surface area contributed by atoms with Crippen LogP contribution in [0.5, 0.6) is 5.75 Å². The normalized spacial score (nSPS) is 17.8. The van der Waals surface area contributed by atoms with E-state index in [0.29, 0.717) is 32.6 Å². The van der Waals surface area contributed by atoms with E-state index in [9.17, 15) is 9.59 Å². The van der Waals surface area contributed by atoms with Gasteiger partial charge in [-0.3, -0.25) is 9.59 Å². The number of benzene rings is 1. The maximum Gasteiger partial charge on any atom is 0.227 e. The van der Waals surface area contributed by atoms with E-state index in [1.165, 1.54) is 0 Å². The van der Waals surface area contributed by atoms with Crippen molar-refractivity contribution in [3.63, 3.8) is 0 Å². The molecule has 0 atom stereocenters. The van der Waals surface area contributed by atoms with Crippen LogP contribution in [0.15, 0.2) is 12.1 Å². The van der Waals surface area contributed by atoms with Crippen LogP contribution in [0.4, 0.5) is 0 Å². The van der Waals surface area contributed by atoms with Crippen molar-refractivity contribution < 1.29 is 14.3 Å². The number of hydrogen-bond acceptors (Lipinski definition) is 3. The lowest BCUT2D eigenvalue weighted by Gasteiger charge is -2.35. The second-order valence-corrected chi connectivity index (χ2v) is 8.91. The van der Waals surface area contributed by atoms with Gasteiger partial charge in [0.25, 0.3) is 0 Å². The molecule has 0 radical (unpaired) electrons. The quantitative estimate of drug-likeness (QED) is 0.817. The molecule has 27 heavy (non-hydrogen) atoms. The van der Waals surface area contributed by atoms with Crippen LogP contribution in [0.3, 0.4) is 0 Å². The minimum absolute atomic E-state index is 0.0516. The van der Waals surface area contributed by atoms with Gasteiger partial charge in [-0.2, -0.15) is 0 Å². The molecule has 2 aliphatic rings. The Morgan fingerprint density at radius 2 is 1.67 bits per heavy atom. The summed E-state index contributed by atoms with van der Waals surface area (Å²) in [6.07, 6.45) is 2.40. The molecule has 0 aromatic heterocycles. The maximum atomic E-state index is 12.9. The lowest BCUT2D eigenvalue weighted by atomic mass is 9.83. The Hall–Kier alpha value is -2.04. The third-order valence-electron chi connectivity index (χ3n) is 5.53. The summed E-state index contributed by atoms with van der Waals surface area (Å²) in [4.78, 5) is 28.9. The van der Waals surface area contributed by atoms with Crippen molar-refractivity contribution in [1.82, 2.24) is 9.80 Å². The molecule has 148 valence electrons. The van der Waals surface area contributed by atoms with Gasteiger partial charge in [0.2, 0.25) is 11.8 Å². The highest BCUT2D eigenvalue weighted by atomic mass is 16.5. The van der Waals surface area contributed by atoms with Crippen molar-refractivity contribution in [3.8, 4) is 5.75 Å². The summed E-state index contributed by atoms with van der Waals surface area (Å²) >= 11 is 0. The number of amides is 2. The van der Waals surface area contributed by atoms with Crippen molar-refractivity contribution in [2.24, 2.45) is 5.92 Å². The first kappa shape index (κ1) is 19.7. The van der Waals surface area contributed by atoms with Crippen LogP contribution < -0.4 is 4.74 Å². The summed E-state index contributed by atoms with van der Waals surface area (Å²) in [5, 5.41) is 0. The largest absolute Gasteiger partial charge is 0.496 e. The molecular weight excluding hydrogens is 340 g/mol. The minimum atomic E-state index is -0.0516. The first-order valence-corrected chi connectivity index (χ1v) is 9.95. The molecule has 1 aliphatic carbocycles. The molecule has 0 spiro atoms. The molecule has 3 rings (SSSR count). The number of piperazine rings is 1. The van der Waals surface area contributed by atoms with E-state index in [1.807, 2.05) is 9.80 Å². The van der Waals surface area contributed by atoms with Gasteiger partial charge in [0.05, 0.1) is 13.5 Å². The third-order valence-corrected chi connectivity index (χ3v) is 5.53. The number of carbonyl (C=O) groups is 2. The van der Waals surface area contributed by atoms with E-state index in [0.717, 1.165) is 35.3 Å². The highest BCUT2D eigenvalue weighted by molar-refractivity contribution is 5.82. The molecule has 1 heterocycles. The van der Waals surface area contributed by atoms with E-state index in [1.54, 1.807) is 7.11 Å². The van der Waals surface area contributed by atoms with Crippen molar-refractivity contribution in [2.75, 3.05) is 33.3 Å². The Morgan fingerprint density at radius 3 is 2.19 bits per heavy atom. The van der Waals surface area contributed by atoms with Crippen molar-refractivity contribution in [1.29, 1.82) is 0 Å². The summed E-state index contributed by atoms with van der Waals surface area (Å²) in [5.74, 6) is 1.46. The van der Waals surface area contributed by atoms with Gasteiger partial charge in [-0.15, -0.1) is 0 Å². The topological polar surface area (TPSA) is 49.9 Å². The minimum Gasteiger partial charge on any atom is -0.496 e. The molecule has 1 aliphatic heterocycles. The fourth-order valence-electron chi connectivity index (χ4n) is 3.82. The smallest absolute Gasteiger partial charge is 0.227 e. The number of carbonyl (C=O) groups excluding carboxylic acids is 2. The first-order chi connectivity index (χ1) is 12.7. The zero-order chi connectivity index (χ0) is 19.8. The number of ether oxygens (including phenoxy) is 1. The predicted octanol–water partition coefficient (Wildman–Crippen LogP) is 2.92. The van der Waals surface area contributed by atoms with Crippen LogP contribution in [-0.2, 0) is 21.4 Å². The second-order valence-electron chi connectivity index (χ2n) is 8.91. The predicted molar refractivity (Wildman–Crippen MR) is 106 cm³/mol. The Bertz CT molecular complexity index is 724. The van der Waals surface area contributed by atoms with E-state index in [-0.39, 0.29) is 23.1 Å². The lowest BCUT2D eigenvalue weighted by Crippen LogP contribution is -2.51. The highest BCUT2D eigenvalue weighted by Crippen LogP contribution is 2.36. The fraction of sp³-hybridized carbons (Fsp3) is 0.636. The number of methoxy groups -OCH3 is 1. The second kappa shape index (κ2) is 7.53. The zero-order valence-corrected chi connectivity index (χ0v) is 17.3. The molecule has 5 heteroatoms. The molecule has 1 aromatic rings. The van der Waals surface area contributed by atoms with E-state index < -0.39 is 0 Å². The van der Waals surface area contributed by atoms with E-state index >= 15 is 0 Å². The standard InChI is InChI=1S/C22H32N2O3/c1-15-12-17(20(27-5)18(13-15)22(2,3)4)14-19(25)23-8-10-24(11-9-23)21(26)16-6-7-16/h12-13,16H,6-11,14H2,1-5H3. The Morgan fingerprint density at radius 1 is 1.07 bits per heavy atom. The van der Waals surface area contributed by atoms with Gasteiger partial charge < -0.3 is 14.5 Å². The Labute approximate surface area is 162 Å². The van der Waals surface area contributed by atoms with Crippen LogP contribution in [-0.4, -0.2) is 54.9 Å².